The highest BCUT2D eigenvalue weighted by molar-refractivity contribution is 7.98. The maximum atomic E-state index is 5.61. The van der Waals surface area contributed by atoms with E-state index in [1.54, 1.807) is 11.8 Å². The fourth-order valence-electron chi connectivity index (χ4n) is 1.37. The summed E-state index contributed by atoms with van der Waals surface area (Å²) in [7, 11) is 0. The van der Waals surface area contributed by atoms with Gasteiger partial charge in [0.15, 0.2) is 11.5 Å². The van der Waals surface area contributed by atoms with E-state index < -0.39 is 0 Å². The summed E-state index contributed by atoms with van der Waals surface area (Å²) in [5.74, 6) is 1.66. The summed E-state index contributed by atoms with van der Waals surface area (Å²) < 4.78 is 10.6. The highest BCUT2D eigenvalue weighted by Gasteiger charge is 2.19. The minimum atomic E-state index is 0.316. The van der Waals surface area contributed by atoms with Crippen LogP contribution in [-0.2, 0) is 6.54 Å². The maximum Gasteiger partial charge on any atom is 0.231 e. The van der Waals surface area contributed by atoms with E-state index in [-0.39, 0.29) is 0 Å². The van der Waals surface area contributed by atoms with E-state index in [1.807, 2.05) is 18.4 Å². The molecule has 0 atom stereocenters. The number of hydrogen-bond acceptors (Lipinski definition) is 4. The SMILES string of the molecule is CSc1c(CN)ccc2c1OCO2. The van der Waals surface area contributed by atoms with Gasteiger partial charge in [-0.1, -0.05) is 6.07 Å². The lowest BCUT2D eigenvalue weighted by molar-refractivity contribution is 0.172. The third-order valence-electron chi connectivity index (χ3n) is 2.00. The predicted octanol–water partition coefficient (Wildman–Crippen LogP) is 1.60. The number of benzene rings is 1. The maximum absolute atomic E-state index is 5.61. The number of ether oxygens (including phenoxy) is 2. The first-order chi connectivity index (χ1) is 6.36. The zero-order valence-electron chi connectivity index (χ0n) is 7.37. The minimum absolute atomic E-state index is 0.316. The van der Waals surface area contributed by atoms with Crippen LogP contribution >= 0.6 is 11.8 Å². The fraction of sp³-hybridized carbons (Fsp3) is 0.333. The Morgan fingerprint density at radius 3 is 3.00 bits per heavy atom. The van der Waals surface area contributed by atoms with Crippen LogP contribution in [0.4, 0.5) is 0 Å². The molecular weight excluding hydrogens is 186 g/mol. The van der Waals surface area contributed by atoms with Crippen molar-refractivity contribution >= 4 is 11.8 Å². The molecule has 13 heavy (non-hydrogen) atoms. The van der Waals surface area contributed by atoms with Crippen LogP contribution in [-0.4, -0.2) is 13.0 Å². The van der Waals surface area contributed by atoms with Gasteiger partial charge in [-0.3, -0.25) is 0 Å². The number of rotatable bonds is 2. The fourth-order valence-corrected chi connectivity index (χ4v) is 2.13. The molecule has 0 unspecified atom stereocenters. The van der Waals surface area contributed by atoms with Gasteiger partial charge in [-0.15, -0.1) is 11.8 Å². The first-order valence-electron chi connectivity index (χ1n) is 4.02. The van der Waals surface area contributed by atoms with Crippen LogP contribution in [0.15, 0.2) is 17.0 Å². The van der Waals surface area contributed by atoms with Gasteiger partial charge in [-0.25, -0.2) is 0 Å². The summed E-state index contributed by atoms with van der Waals surface area (Å²) in [5, 5.41) is 0. The van der Waals surface area contributed by atoms with E-state index in [9.17, 15) is 0 Å². The molecule has 2 N–H and O–H groups in total. The molecule has 1 heterocycles. The van der Waals surface area contributed by atoms with Crippen molar-refractivity contribution in [1.82, 2.24) is 0 Å². The van der Waals surface area contributed by atoms with Crippen LogP contribution in [0.2, 0.25) is 0 Å². The number of hydrogen-bond donors (Lipinski definition) is 1. The largest absolute Gasteiger partial charge is 0.454 e. The molecule has 0 saturated carbocycles. The second kappa shape index (κ2) is 3.47. The molecule has 0 aromatic heterocycles. The zero-order chi connectivity index (χ0) is 9.26. The number of thioether (sulfide) groups is 1. The molecule has 0 fully saturated rings. The van der Waals surface area contributed by atoms with Crippen LogP contribution in [0.1, 0.15) is 5.56 Å². The average Bonchev–Trinajstić information content (AvgIpc) is 2.63. The van der Waals surface area contributed by atoms with Crippen LogP contribution in [0.3, 0.4) is 0 Å². The number of nitrogens with two attached hydrogens (primary N) is 1. The zero-order valence-corrected chi connectivity index (χ0v) is 8.19. The van der Waals surface area contributed by atoms with Crippen molar-refractivity contribution in [3.05, 3.63) is 17.7 Å². The third kappa shape index (κ3) is 1.36. The summed E-state index contributed by atoms with van der Waals surface area (Å²) in [5.41, 5.74) is 6.72. The van der Waals surface area contributed by atoms with E-state index in [0.29, 0.717) is 13.3 Å². The van der Waals surface area contributed by atoms with Crippen LogP contribution in [0, 0.1) is 0 Å². The molecule has 3 nitrogen and oxygen atoms in total. The van der Waals surface area contributed by atoms with Crippen molar-refractivity contribution in [2.75, 3.05) is 13.0 Å². The Balaban J connectivity index is 2.53. The predicted molar refractivity (Wildman–Crippen MR) is 52.2 cm³/mol. The summed E-state index contributed by atoms with van der Waals surface area (Å²) in [6.07, 6.45) is 2.01. The summed E-state index contributed by atoms with van der Waals surface area (Å²) in [6.45, 7) is 0.851. The molecule has 70 valence electrons. The lowest BCUT2D eigenvalue weighted by Gasteiger charge is -2.07. The van der Waals surface area contributed by atoms with Gasteiger partial charge in [0.1, 0.15) is 0 Å². The Morgan fingerprint density at radius 1 is 1.46 bits per heavy atom. The Morgan fingerprint density at radius 2 is 2.31 bits per heavy atom. The topological polar surface area (TPSA) is 44.5 Å². The molecule has 1 aliphatic rings. The molecule has 0 saturated heterocycles. The Labute approximate surface area is 81.2 Å². The van der Waals surface area contributed by atoms with Crippen LogP contribution < -0.4 is 15.2 Å². The molecule has 0 bridgehead atoms. The van der Waals surface area contributed by atoms with Gasteiger partial charge >= 0.3 is 0 Å². The van der Waals surface area contributed by atoms with Crippen LogP contribution in [0.25, 0.3) is 0 Å². The molecular formula is C9H11NO2S. The first kappa shape index (κ1) is 8.72. The van der Waals surface area contributed by atoms with Gasteiger partial charge in [0.2, 0.25) is 6.79 Å². The van der Waals surface area contributed by atoms with Gasteiger partial charge in [0.25, 0.3) is 0 Å². The first-order valence-corrected chi connectivity index (χ1v) is 5.25. The monoisotopic (exact) mass is 197 g/mol. The summed E-state index contributed by atoms with van der Waals surface area (Å²) >= 11 is 1.64. The van der Waals surface area contributed by atoms with Crippen molar-refractivity contribution in [3.8, 4) is 11.5 Å². The Hall–Kier alpha value is -0.870. The summed E-state index contributed by atoms with van der Waals surface area (Å²) in [4.78, 5) is 1.09. The van der Waals surface area contributed by atoms with Crippen molar-refractivity contribution < 1.29 is 9.47 Å². The van der Waals surface area contributed by atoms with E-state index in [2.05, 4.69) is 0 Å². The molecule has 0 spiro atoms. The van der Waals surface area contributed by atoms with Gasteiger partial charge in [0.05, 0.1) is 4.90 Å². The van der Waals surface area contributed by atoms with Gasteiger partial charge in [-0.2, -0.15) is 0 Å². The second-order valence-electron chi connectivity index (χ2n) is 2.70. The minimum Gasteiger partial charge on any atom is -0.454 e. The van der Waals surface area contributed by atoms with Crippen molar-refractivity contribution in [1.29, 1.82) is 0 Å². The van der Waals surface area contributed by atoms with E-state index in [4.69, 9.17) is 15.2 Å². The van der Waals surface area contributed by atoms with E-state index in [0.717, 1.165) is 22.0 Å². The lowest BCUT2D eigenvalue weighted by Crippen LogP contribution is -1.98. The smallest absolute Gasteiger partial charge is 0.231 e. The van der Waals surface area contributed by atoms with E-state index >= 15 is 0 Å². The van der Waals surface area contributed by atoms with Crippen molar-refractivity contribution in [2.24, 2.45) is 5.73 Å². The quantitative estimate of drug-likeness (QED) is 0.731. The molecule has 2 rings (SSSR count). The van der Waals surface area contributed by atoms with Gasteiger partial charge < -0.3 is 15.2 Å². The van der Waals surface area contributed by atoms with Crippen LogP contribution in [0.5, 0.6) is 11.5 Å². The number of fused-ring (bicyclic) bond motifs is 1. The van der Waals surface area contributed by atoms with Crippen molar-refractivity contribution in [2.45, 2.75) is 11.4 Å². The molecule has 4 heteroatoms. The van der Waals surface area contributed by atoms with Gasteiger partial charge in [0, 0.05) is 6.54 Å². The Kier molecular flexibility index (Phi) is 2.33. The second-order valence-corrected chi connectivity index (χ2v) is 3.51. The molecule has 1 aromatic rings. The molecule has 0 aliphatic carbocycles. The molecule has 1 aromatic carbocycles. The Bertz CT molecular complexity index is 328. The highest BCUT2D eigenvalue weighted by atomic mass is 32.2. The van der Waals surface area contributed by atoms with Gasteiger partial charge in [-0.05, 0) is 17.9 Å². The summed E-state index contributed by atoms with van der Waals surface area (Å²) in [6, 6.07) is 3.89. The average molecular weight is 197 g/mol. The van der Waals surface area contributed by atoms with E-state index in [1.165, 1.54) is 0 Å². The standard InChI is InChI=1S/C9H11NO2S/c1-13-9-6(4-10)2-3-7-8(9)12-5-11-7/h2-3H,4-5,10H2,1H3. The highest BCUT2D eigenvalue weighted by Crippen LogP contribution is 2.42. The molecule has 0 radical (unpaired) electrons. The molecule has 0 amide bonds. The third-order valence-corrected chi connectivity index (χ3v) is 2.86. The lowest BCUT2D eigenvalue weighted by atomic mass is 10.2. The normalized spacial score (nSPS) is 13.4. The van der Waals surface area contributed by atoms with Crippen molar-refractivity contribution in [3.63, 3.8) is 0 Å². The molecule has 1 aliphatic heterocycles.